The second-order valence-electron chi connectivity index (χ2n) is 7.03. The van der Waals surface area contributed by atoms with E-state index in [1.54, 1.807) is 17.7 Å². The molecule has 146 valence electrons. The summed E-state index contributed by atoms with van der Waals surface area (Å²) in [6.45, 7) is 2.16. The first-order valence-corrected chi connectivity index (χ1v) is 10.7. The zero-order valence-electron chi connectivity index (χ0n) is 16.5. The maximum atomic E-state index is 4.78. The number of benzene rings is 2. The molecule has 0 amide bonds. The number of thiophene rings is 1. The lowest BCUT2D eigenvalue weighted by atomic mass is 10.0. The molecule has 1 atom stereocenters. The van der Waals surface area contributed by atoms with Crippen LogP contribution in [0.5, 0.6) is 0 Å². The molecular formula is C25H20N4S. The number of aromatic nitrogens is 3. The SMILES string of the molecule is CC(c1ccccn1)N(c1ccccc1)c1ncnc2scc(-c3ccccc3)c12. The van der Waals surface area contributed by atoms with Crippen molar-refractivity contribution in [2.24, 2.45) is 0 Å². The van der Waals surface area contributed by atoms with E-state index in [0.29, 0.717) is 0 Å². The van der Waals surface area contributed by atoms with Gasteiger partial charge in [0.05, 0.1) is 17.1 Å². The average Bonchev–Trinajstić information content (AvgIpc) is 3.26. The lowest BCUT2D eigenvalue weighted by molar-refractivity contribution is 0.737. The second kappa shape index (κ2) is 8.05. The summed E-state index contributed by atoms with van der Waals surface area (Å²) in [6.07, 6.45) is 3.49. The Labute approximate surface area is 179 Å². The Hall–Kier alpha value is -3.57. The van der Waals surface area contributed by atoms with Crippen LogP contribution in [-0.4, -0.2) is 15.0 Å². The standard InChI is InChI=1S/C25H20N4S/c1-18(22-14-8-9-15-26-22)29(20-12-6-3-7-13-20)24-23-21(19-10-4-2-5-11-19)16-30-25(23)28-17-27-24/h2-18H,1H3. The zero-order valence-corrected chi connectivity index (χ0v) is 17.3. The lowest BCUT2D eigenvalue weighted by Gasteiger charge is -2.30. The van der Waals surface area contributed by atoms with E-state index in [4.69, 9.17) is 4.98 Å². The third kappa shape index (κ3) is 3.33. The molecular weight excluding hydrogens is 388 g/mol. The predicted molar refractivity (Wildman–Crippen MR) is 124 cm³/mol. The van der Waals surface area contributed by atoms with Crippen LogP contribution >= 0.6 is 11.3 Å². The molecule has 4 nitrogen and oxygen atoms in total. The maximum absolute atomic E-state index is 4.78. The van der Waals surface area contributed by atoms with Crippen LogP contribution in [0.2, 0.25) is 0 Å². The first-order valence-electron chi connectivity index (χ1n) is 9.86. The van der Waals surface area contributed by atoms with E-state index in [1.165, 1.54) is 5.56 Å². The molecule has 0 radical (unpaired) electrons. The van der Waals surface area contributed by atoms with E-state index in [-0.39, 0.29) is 6.04 Å². The summed E-state index contributed by atoms with van der Waals surface area (Å²) < 4.78 is 0. The summed E-state index contributed by atoms with van der Waals surface area (Å²) in [4.78, 5) is 17.2. The summed E-state index contributed by atoms with van der Waals surface area (Å²) in [7, 11) is 0. The van der Waals surface area contributed by atoms with Gasteiger partial charge in [0.25, 0.3) is 0 Å². The van der Waals surface area contributed by atoms with Gasteiger partial charge in [0.1, 0.15) is 17.0 Å². The number of fused-ring (bicyclic) bond motifs is 1. The van der Waals surface area contributed by atoms with E-state index in [1.807, 2.05) is 30.5 Å². The molecule has 5 heteroatoms. The fraction of sp³-hybridized carbons (Fsp3) is 0.0800. The third-order valence-corrected chi connectivity index (χ3v) is 6.09. The number of para-hydroxylation sites is 1. The molecule has 0 aliphatic rings. The van der Waals surface area contributed by atoms with Crippen LogP contribution in [0.1, 0.15) is 18.7 Å². The number of rotatable bonds is 5. The molecule has 0 saturated carbocycles. The van der Waals surface area contributed by atoms with Crippen LogP contribution in [-0.2, 0) is 0 Å². The van der Waals surface area contributed by atoms with Crippen molar-refractivity contribution < 1.29 is 0 Å². The first kappa shape index (κ1) is 18.5. The molecule has 30 heavy (non-hydrogen) atoms. The van der Waals surface area contributed by atoms with Crippen LogP contribution in [0.3, 0.4) is 0 Å². The van der Waals surface area contributed by atoms with Gasteiger partial charge in [-0.3, -0.25) is 4.98 Å². The van der Waals surface area contributed by atoms with E-state index in [2.05, 4.69) is 81.8 Å². The van der Waals surface area contributed by atoms with Crippen LogP contribution in [0.25, 0.3) is 21.3 Å². The predicted octanol–water partition coefficient (Wildman–Crippen LogP) is 6.65. The Balaban J connectivity index is 1.75. The van der Waals surface area contributed by atoms with Gasteiger partial charge in [-0.1, -0.05) is 54.6 Å². The van der Waals surface area contributed by atoms with Gasteiger partial charge in [0.2, 0.25) is 0 Å². The molecule has 5 rings (SSSR count). The van der Waals surface area contributed by atoms with E-state index in [9.17, 15) is 0 Å². The second-order valence-corrected chi connectivity index (χ2v) is 7.89. The van der Waals surface area contributed by atoms with Crippen molar-refractivity contribution in [3.8, 4) is 11.1 Å². The van der Waals surface area contributed by atoms with Crippen molar-refractivity contribution in [1.82, 2.24) is 15.0 Å². The van der Waals surface area contributed by atoms with Gasteiger partial charge in [-0.15, -0.1) is 11.3 Å². The van der Waals surface area contributed by atoms with Gasteiger partial charge >= 0.3 is 0 Å². The minimum atomic E-state index is -0.00442. The number of pyridine rings is 1. The topological polar surface area (TPSA) is 41.9 Å². The highest BCUT2D eigenvalue weighted by Gasteiger charge is 2.25. The molecule has 0 spiro atoms. The minimum Gasteiger partial charge on any atom is -0.317 e. The Bertz CT molecular complexity index is 1250. The lowest BCUT2D eigenvalue weighted by Crippen LogP contribution is -2.23. The van der Waals surface area contributed by atoms with Crippen LogP contribution in [0, 0.1) is 0 Å². The molecule has 0 N–H and O–H groups in total. The van der Waals surface area contributed by atoms with Crippen LogP contribution in [0.4, 0.5) is 11.5 Å². The van der Waals surface area contributed by atoms with Gasteiger partial charge < -0.3 is 4.90 Å². The highest BCUT2D eigenvalue weighted by molar-refractivity contribution is 7.17. The highest BCUT2D eigenvalue weighted by Crippen LogP contribution is 2.42. The van der Waals surface area contributed by atoms with Crippen molar-refractivity contribution in [3.05, 3.63) is 102 Å². The molecule has 3 heterocycles. The normalized spacial score (nSPS) is 12.0. The van der Waals surface area contributed by atoms with E-state index in [0.717, 1.165) is 33.0 Å². The van der Waals surface area contributed by atoms with Gasteiger partial charge in [0, 0.05) is 22.8 Å². The fourth-order valence-electron chi connectivity index (χ4n) is 3.75. The number of anilines is 2. The Kier molecular flexibility index (Phi) is 4.95. The quantitative estimate of drug-likeness (QED) is 0.326. The van der Waals surface area contributed by atoms with Crippen LogP contribution in [0.15, 0.2) is 96.8 Å². The summed E-state index contributed by atoms with van der Waals surface area (Å²) >= 11 is 1.65. The smallest absolute Gasteiger partial charge is 0.146 e. The molecule has 3 aromatic heterocycles. The van der Waals surface area contributed by atoms with Crippen molar-refractivity contribution in [2.75, 3.05) is 4.90 Å². The van der Waals surface area contributed by atoms with Gasteiger partial charge in [0.15, 0.2) is 0 Å². The molecule has 2 aromatic carbocycles. The van der Waals surface area contributed by atoms with Crippen molar-refractivity contribution in [1.29, 1.82) is 0 Å². The van der Waals surface area contributed by atoms with Crippen molar-refractivity contribution >= 4 is 33.1 Å². The molecule has 1 unspecified atom stereocenters. The van der Waals surface area contributed by atoms with E-state index >= 15 is 0 Å². The molecule has 0 saturated heterocycles. The molecule has 5 aromatic rings. The van der Waals surface area contributed by atoms with Crippen molar-refractivity contribution in [2.45, 2.75) is 13.0 Å². The monoisotopic (exact) mass is 408 g/mol. The molecule has 0 fully saturated rings. The summed E-state index contributed by atoms with van der Waals surface area (Å²) in [6, 6.07) is 26.8. The summed E-state index contributed by atoms with van der Waals surface area (Å²) in [5, 5.41) is 3.24. The third-order valence-electron chi connectivity index (χ3n) is 5.20. The Morgan fingerprint density at radius 1 is 0.800 bits per heavy atom. The number of hydrogen-bond acceptors (Lipinski definition) is 5. The highest BCUT2D eigenvalue weighted by atomic mass is 32.1. The summed E-state index contributed by atoms with van der Waals surface area (Å²) in [5.41, 5.74) is 4.38. The Morgan fingerprint density at radius 3 is 2.27 bits per heavy atom. The Morgan fingerprint density at radius 2 is 1.53 bits per heavy atom. The zero-order chi connectivity index (χ0) is 20.3. The molecule has 0 aliphatic carbocycles. The van der Waals surface area contributed by atoms with Crippen LogP contribution < -0.4 is 4.90 Å². The average molecular weight is 409 g/mol. The summed E-state index contributed by atoms with van der Waals surface area (Å²) in [5.74, 6) is 0.893. The first-order chi connectivity index (χ1) is 14.8. The number of nitrogens with zero attached hydrogens (tertiary/aromatic N) is 4. The molecule has 0 aliphatic heterocycles. The minimum absolute atomic E-state index is 0.00442. The number of hydrogen-bond donors (Lipinski definition) is 0. The van der Waals surface area contributed by atoms with Gasteiger partial charge in [-0.05, 0) is 36.8 Å². The maximum Gasteiger partial charge on any atom is 0.146 e. The van der Waals surface area contributed by atoms with Gasteiger partial charge in [-0.2, -0.15) is 0 Å². The fourth-order valence-corrected chi connectivity index (χ4v) is 4.66. The van der Waals surface area contributed by atoms with E-state index < -0.39 is 0 Å². The van der Waals surface area contributed by atoms with Crippen molar-refractivity contribution in [3.63, 3.8) is 0 Å². The largest absolute Gasteiger partial charge is 0.317 e. The molecule has 0 bridgehead atoms. The van der Waals surface area contributed by atoms with Gasteiger partial charge in [-0.25, -0.2) is 9.97 Å².